The molecule has 2 heterocycles. The SMILES string of the molecule is Fc1cc2nc(CCCl)n(CC3CSCCS3)c2cc1Br. The fraction of sp³-hybridized carbons (Fsp3) is 0.500. The van der Waals surface area contributed by atoms with Crippen LogP contribution in [0.5, 0.6) is 0 Å². The van der Waals surface area contributed by atoms with Crippen molar-refractivity contribution >= 4 is 62.1 Å². The zero-order chi connectivity index (χ0) is 14.8. The van der Waals surface area contributed by atoms with Crippen molar-refractivity contribution in [2.75, 3.05) is 23.1 Å². The minimum absolute atomic E-state index is 0.271. The van der Waals surface area contributed by atoms with Crippen molar-refractivity contribution in [2.24, 2.45) is 0 Å². The molecular formula is C14H15BrClFN2S2. The van der Waals surface area contributed by atoms with Crippen molar-refractivity contribution in [1.29, 1.82) is 0 Å². The molecule has 7 heteroatoms. The zero-order valence-corrected chi connectivity index (χ0v) is 15.3. The van der Waals surface area contributed by atoms with E-state index < -0.39 is 0 Å². The second-order valence-corrected chi connectivity index (χ2v) is 8.69. The number of thioether (sulfide) groups is 2. The first-order chi connectivity index (χ1) is 10.2. The van der Waals surface area contributed by atoms with Crippen molar-refractivity contribution < 1.29 is 4.39 Å². The number of halogens is 3. The zero-order valence-electron chi connectivity index (χ0n) is 11.3. The Morgan fingerprint density at radius 3 is 3.00 bits per heavy atom. The van der Waals surface area contributed by atoms with Crippen LogP contribution in [0.1, 0.15) is 5.82 Å². The Kier molecular flexibility index (Phi) is 5.41. The molecule has 1 unspecified atom stereocenters. The molecule has 0 N–H and O–H groups in total. The average molecular weight is 410 g/mol. The molecule has 1 aliphatic heterocycles. The summed E-state index contributed by atoms with van der Waals surface area (Å²) in [6.45, 7) is 0.915. The predicted molar refractivity (Wildman–Crippen MR) is 95.4 cm³/mol. The summed E-state index contributed by atoms with van der Waals surface area (Å²) in [5, 5.41) is 0.582. The fourth-order valence-corrected chi connectivity index (χ4v) is 5.65. The Bertz CT molecular complexity index is 643. The maximum atomic E-state index is 13.7. The third kappa shape index (κ3) is 3.54. The van der Waals surface area contributed by atoms with Crippen molar-refractivity contribution in [2.45, 2.75) is 18.2 Å². The molecule has 2 nitrogen and oxygen atoms in total. The van der Waals surface area contributed by atoms with Crippen LogP contribution in [0.3, 0.4) is 0 Å². The minimum Gasteiger partial charge on any atom is -0.327 e. The molecule has 1 aliphatic rings. The molecule has 0 radical (unpaired) electrons. The highest BCUT2D eigenvalue weighted by Gasteiger charge is 2.19. The summed E-state index contributed by atoms with van der Waals surface area (Å²) in [6.07, 6.45) is 0.708. The van der Waals surface area contributed by atoms with Crippen molar-refractivity contribution in [3.63, 3.8) is 0 Å². The Morgan fingerprint density at radius 2 is 2.29 bits per heavy atom. The molecule has 0 amide bonds. The van der Waals surface area contributed by atoms with Crippen LogP contribution in [0, 0.1) is 5.82 Å². The molecule has 1 aromatic carbocycles. The van der Waals surface area contributed by atoms with Crippen LogP contribution in [-0.2, 0) is 13.0 Å². The van der Waals surface area contributed by atoms with Gasteiger partial charge in [0, 0.05) is 47.4 Å². The van der Waals surface area contributed by atoms with Crippen molar-refractivity contribution in [1.82, 2.24) is 9.55 Å². The lowest BCUT2D eigenvalue weighted by Gasteiger charge is -2.22. The molecule has 0 spiro atoms. The second-order valence-electron chi connectivity index (χ2n) is 4.90. The molecule has 1 aromatic heterocycles. The highest BCUT2D eigenvalue weighted by Crippen LogP contribution is 2.29. The Hall–Kier alpha value is 0.0900. The highest BCUT2D eigenvalue weighted by atomic mass is 79.9. The predicted octanol–water partition coefficient (Wildman–Crippen LogP) is 4.57. The lowest BCUT2D eigenvalue weighted by atomic mass is 10.3. The molecule has 1 saturated heterocycles. The number of rotatable bonds is 4. The van der Waals surface area contributed by atoms with Crippen LogP contribution in [0.4, 0.5) is 4.39 Å². The number of benzene rings is 1. The normalized spacial score (nSPS) is 19.3. The van der Waals surface area contributed by atoms with Crippen LogP contribution in [0.15, 0.2) is 16.6 Å². The van der Waals surface area contributed by atoms with E-state index in [0.717, 1.165) is 23.6 Å². The first-order valence-corrected chi connectivity index (χ1v) is 10.3. The summed E-state index contributed by atoms with van der Waals surface area (Å²) in [6, 6.07) is 3.33. The van der Waals surface area contributed by atoms with Gasteiger partial charge in [0.1, 0.15) is 11.6 Å². The summed E-state index contributed by atoms with van der Waals surface area (Å²) >= 11 is 13.2. The number of alkyl halides is 1. The van der Waals surface area contributed by atoms with E-state index in [2.05, 4.69) is 25.5 Å². The number of hydrogen-bond donors (Lipinski definition) is 0. The molecule has 1 atom stereocenters. The lowest BCUT2D eigenvalue weighted by Crippen LogP contribution is -2.21. The molecule has 0 saturated carbocycles. The first kappa shape index (κ1) is 16.0. The molecular weight excluding hydrogens is 395 g/mol. The van der Waals surface area contributed by atoms with E-state index in [1.165, 1.54) is 17.6 Å². The molecule has 114 valence electrons. The van der Waals surface area contributed by atoms with Crippen molar-refractivity contribution in [3.05, 3.63) is 28.2 Å². The number of nitrogens with zero attached hydrogens (tertiary/aromatic N) is 2. The lowest BCUT2D eigenvalue weighted by molar-refractivity contribution is 0.622. The van der Waals surface area contributed by atoms with E-state index >= 15 is 0 Å². The molecule has 0 aliphatic carbocycles. The van der Waals surface area contributed by atoms with E-state index in [1.54, 1.807) is 0 Å². The van der Waals surface area contributed by atoms with Crippen LogP contribution < -0.4 is 0 Å². The van der Waals surface area contributed by atoms with Gasteiger partial charge in [0.25, 0.3) is 0 Å². The molecule has 1 fully saturated rings. The fourth-order valence-electron chi connectivity index (χ4n) is 2.49. The number of aryl methyl sites for hydroxylation is 1. The van der Waals surface area contributed by atoms with E-state index in [4.69, 9.17) is 11.6 Å². The third-order valence-corrected chi connectivity index (χ3v) is 7.08. The van der Waals surface area contributed by atoms with Gasteiger partial charge in [0.15, 0.2) is 0 Å². The minimum atomic E-state index is -0.271. The first-order valence-electron chi connectivity index (χ1n) is 6.78. The maximum Gasteiger partial charge on any atom is 0.139 e. The molecule has 21 heavy (non-hydrogen) atoms. The topological polar surface area (TPSA) is 17.8 Å². The smallest absolute Gasteiger partial charge is 0.139 e. The standard InChI is InChI=1S/C14H15BrClFN2S2/c15-10-5-13-12(6-11(10)17)18-14(1-2-16)19(13)7-9-8-20-3-4-21-9/h5-6,9H,1-4,7-8H2. The van der Waals surface area contributed by atoms with E-state index in [1.807, 2.05) is 29.6 Å². The third-order valence-electron chi connectivity index (χ3n) is 3.46. The summed E-state index contributed by atoms with van der Waals surface area (Å²) < 4.78 is 16.4. The summed E-state index contributed by atoms with van der Waals surface area (Å²) in [5.41, 5.74) is 1.70. The maximum absolute atomic E-state index is 13.7. The summed E-state index contributed by atoms with van der Waals surface area (Å²) in [5.74, 6) is 4.80. The number of fused-ring (bicyclic) bond motifs is 1. The molecule has 3 rings (SSSR count). The van der Waals surface area contributed by atoms with E-state index in [-0.39, 0.29) is 5.82 Å². The van der Waals surface area contributed by atoms with Gasteiger partial charge in [-0.3, -0.25) is 0 Å². The van der Waals surface area contributed by atoms with E-state index in [9.17, 15) is 4.39 Å². The molecule has 2 aromatic rings. The van der Waals surface area contributed by atoms with Gasteiger partial charge in [-0.25, -0.2) is 9.37 Å². The monoisotopic (exact) mass is 408 g/mol. The van der Waals surface area contributed by atoms with Gasteiger partial charge >= 0.3 is 0 Å². The highest BCUT2D eigenvalue weighted by molar-refractivity contribution is 9.10. The quantitative estimate of drug-likeness (QED) is 0.689. The number of aromatic nitrogens is 2. The van der Waals surface area contributed by atoms with Gasteiger partial charge in [-0.05, 0) is 22.0 Å². The molecule has 0 bridgehead atoms. The largest absolute Gasteiger partial charge is 0.327 e. The van der Waals surface area contributed by atoms with Gasteiger partial charge in [-0.15, -0.1) is 11.6 Å². The van der Waals surface area contributed by atoms with Crippen LogP contribution in [0.25, 0.3) is 11.0 Å². The van der Waals surface area contributed by atoms with Crippen molar-refractivity contribution in [3.8, 4) is 0 Å². The number of hydrogen-bond acceptors (Lipinski definition) is 3. The summed E-state index contributed by atoms with van der Waals surface area (Å²) in [7, 11) is 0. The number of imidazole rings is 1. The Morgan fingerprint density at radius 1 is 1.43 bits per heavy atom. The van der Waals surface area contributed by atoms with Crippen LogP contribution in [-0.4, -0.2) is 37.9 Å². The van der Waals surface area contributed by atoms with E-state index in [0.29, 0.717) is 27.5 Å². The average Bonchev–Trinajstić information content (AvgIpc) is 2.79. The van der Waals surface area contributed by atoms with Gasteiger partial charge < -0.3 is 4.57 Å². The van der Waals surface area contributed by atoms with Gasteiger partial charge in [-0.2, -0.15) is 23.5 Å². The second kappa shape index (κ2) is 7.11. The summed E-state index contributed by atoms with van der Waals surface area (Å²) in [4.78, 5) is 4.57. The van der Waals surface area contributed by atoms with Crippen LogP contribution in [0.2, 0.25) is 0 Å². The van der Waals surface area contributed by atoms with Gasteiger partial charge in [-0.1, -0.05) is 0 Å². The van der Waals surface area contributed by atoms with Crippen LogP contribution >= 0.6 is 51.1 Å². The van der Waals surface area contributed by atoms with Gasteiger partial charge in [0.05, 0.1) is 15.5 Å². The Balaban J connectivity index is 2.00. The Labute approximate surface area is 145 Å². The van der Waals surface area contributed by atoms with Gasteiger partial charge in [0.2, 0.25) is 0 Å².